The summed E-state index contributed by atoms with van der Waals surface area (Å²) in [6, 6.07) is 0. The maximum atomic E-state index is 10.2. The van der Waals surface area contributed by atoms with E-state index in [9.17, 15) is 4.57 Å². The molecule has 1 fully saturated rings. The third-order valence-corrected chi connectivity index (χ3v) is 2.70. The van der Waals surface area contributed by atoms with Crippen LogP contribution < -0.4 is 0 Å². The summed E-state index contributed by atoms with van der Waals surface area (Å²) in [5.74, 6) is 0. The van der Waals surface area contributed by atoms with E-state index < -0.39 is 8.25 Å². The first-order valence-electron chi connectivity index (χ1n) is 5.78. The predicted octanol–water partition coefficient (Wildman–Crippen LogP) is 2.63. The highest BCUT2D eigenvalue weighted by Gasteiger charge is 2.09. The Labute approximate surface area is 93.6 Å². The van der Waals surface area contributed by atoms with E-state index in [-0.39, 0.29) is 0 Å². The van der Waals surface area contributed by atoms with Crippen LogP contribution in [0.3, 0.4) is 0 Å². The minimum Gasteiger partial charge on any atom is -0.326 e. The molecule has 0 spiro atoms. The highest BCUT2D eigenvalue weighted by Crippen LogP contribution is 2.16. The van der Waals surface area contributed by atoms with Crippen LogP contribution in [0, 0.1) is 0 Å². The van der Waals surface area contributed by atoms with Crippen LogP contribution in [0.5, 0.6) is 0 Å². The molecule has 1 rings (SSSR count). The molecule has 1 unspecified atom stereocenters. The minimum atomic E-state index is -2.73. The van der Waals surface area contributed by atoms with Crippen LogP contribution in [0.1, 0.15) is 46.0 Å². The Morgan fingerprint density at radius 3 is 2.13 bits per heavy atom. The van der Waals surface area contributed by atoms with Gasteiger partial charge in [-0.15, -0.1) is 0 Å². The summed E-state index contributed by atoms with van der Waals surface area (Å²) in [5.41, 5.74) is 0. The molecule has 0 aromatic heterocycles. The Bertz CT molecular complexity index is 159. The molecule has 1 atom stereocenters. The third kappa shape index (κ3) is 10.4. The van der Waals surface area contributed by atoms with Crippen LogP contribution in [0.2, 0.25) is 0 Å². The van der Waals surface area contributed by atoms with Gasteiger partial charge in [-0.1, -0.05) is 33.1 Å². The zero-order valence-electron chi connectivity index (χ0n) is 9.87. The van der Waals surface area contributed by atoms with Crippen molar-refractivity contribution >= 4 is 8.25 Å². The van der Waals surface area contributed by atoms with Gasteiger partial charge in [-0.05, 0) is 12.8 Å². The van der Waals surface area contributed by atoms with Gasteiger partial charge in [0.1, 0.15) is 6.73 Å². The van der Waals surface area contributed by atoms with Crippen LogP contribution in [0.25, 0.3) is 0 Å². The smallest absolute Gasteiger partial charge is 0.317 e. The molecule has 4 nitrogen and oxygen atoms in total. The standard InChI is InChI=1S/C6H14NO3P.C4H10/c8-11(9)10-6-7-4-2-1-3-5-7;1-3-4-2/h11H,1-6H2,(H,8,9);3-4H2,1-2H3. The van der Waals surface area contributed by atoms with Crippen LogP contribution in [-0.2, 0) is 9.09 Å². The highest BCUT2D eigenvalue weighted by molar-refractivity contribution is 7.32. The summed E-state index contributed by atoms with van der Waals surface area (Å²) in [6.45, 7) is 6.67. The molecular weight excluding hydrogens is 213 g/mol. The average Bonchev–Trinajstić information content (AvgIpc) is 2.28. The lowest BCUT2D eigenvalue weighted by Crippen LogP contribution is -2.30. The van der Waals surface area contributed by atoms with Gasteiger partial charge in [0, 0.05) is 13.1 Å². The van der Waals surface area contributed by atoms with Gasteiger partial charge >= 0.3 is 8.25 Å². The Morgan fingerprint density at radius 1 is 1.20 bits per heavy atom. The van der Waals surface area contributed by atoms with E-state index in [1.54, 1.807) is 0 Å². The minimum absolute atomic E-state index is 0.314. The van der Waals surface area contributed by atoms with E-state index in [1.165, 1.54) is 32.1 Å². The fraction of sp³-hybridized carbons (Fsp3) is 1.00. The summed E-state index contributed by atoms with van der Waals surface area (Å²) < 4.78 is 14.8. The lowest BCUT2D eigenvalue weighted by Gasteiger charge is -2.25. The molecule has 1 aliphatic rings. The maximum absolute atomic E-state index is 10.2. The summed E-state index contributed by atoms with van der Waals surface area (Å²) in [7, 11) is -2.73. The van der Waals surface area contributed by atoms with Crippen molar-refractivity contribution < 1.29 is 14.0 Å². The van der Waals surface area contributed by atoms with Crippen molar-refractivity contribution in [3.05, 3.63) is 0 Å². The molecule has 1 N–H and O–H groups in total. The van der Waals surface area contributed by atoms with Crippen molar-refractivity contribution in [1.82, 2.24) is 4.90 Å². The summed E-state index contributed by atoms with van der Waals surface area (Å²) in [5, 5.41) is 0. The molecule has 92 valence electrons. The zero-order valence-corrected chi connectivity index (χ0v) is 10.9. The number of hydrogen-bond donors (Lipinski definition) is 1. The Balaban J connectivity index is 0.000000423. The predicted molar refractivity (Wildman–Crippen MR) is 63.2 cm³/mol. The van der Waals surface area contributed by atoms with Crippen LogP contribution in [0.15, 0.2) is 0 Å². The fourth-order valence-electron chi connectivity index (χ4n) is 1.24. The van der Waals surface area contributed by atoms with E-state index in [4.69, 9.17) is 4.89 Å². The Hall–Kier alpha value is 0.110. The normalized spacial score (nSPS) is 19.1. The van der Waals surface area contributed by atoms with Gasteiger partial charge < -0.3 is 4.89 Å². The van der Waals surface area contributed by atoms with Gasteiger partial charge in [-0.3, -0.25) is 14.0 Å². The summed E-state index contributed by atoms with van der Waals surface area (Å²) in [6.07, 6.45) is 6.26. The SMILES string of the molecule is CCCC.O=[PH](O)OCN1CCCCC1. The summed E-state index contributed by atoms with van der Waals surface area (Å²) in [4.78, 5) is 10.4. The second-order valence-corrected chi connectivity index (χ2v) is 4.54. The topological polar surface area (TPSA) is 49.8 Å². The lowest BCUT2D eigenvalue weighted by molar-refractivity contribution is 0.103. The number of rotatable bonds is 4. The number of piperidine rings is 1. The Kier molecular flexibility index (Phi) is 10.7. The molecule has 5 heteroatoms. The first-order valence-corrected chi connectivity index (χ1v) is 7.05. The van der Waals surface area contributed by atoms with Crippen LogP contribution in [0.4, 0.5) is 0 Å². The Morgan fingerprint density at radius 2 is 1.73 bits per heavy atom. The summed E-state index contributed by atoms with van der Waals surface area (Å²) >= 11 is 0. The van der Waals surface area contributed by atoms with E-state index in [1.807, 2.05) is 0 Å². The quantitative estimate of drug-likeness (QED) is 0.764. The maximum Gasteiger partial charge on any atom is 0.317 e. The average molecular weight is 237 g/mol. The van der Waals surface area contributed by atoms with Crippen LogP contribution in [-0.4, -0.2) is 29.6 Å². The molecule has 1 saturated heterocycles. The van der Waals surface area contributed by atoms with E-state index in [0.717, 1.165) is 13.1 Å². The molecule has 0 bridgehead atoms. The molecule has 0 aromatic rings. The fourth-order valence-corrected chi connectivity index (χ4v) is 1.53. The first-order chi connectivity index (χ1) is 7.20. The van der Waals surface area contributed by atoms with Crippen molar-refractivity contribution in [2.45, 2.75) is 46.0 Å². The second kappa shape index (κ2) is 10.6. The van der Waals surface area contributed by atoms with Gasteiger partial charge in [0.15, 0.2) is 0 Å². The molecular formula is C10H24NO3P. The molecule has 0 aromatic carbocycles. The third-order valence-electron chi connectivity index (χ3n) is 2.32. The van der Waals surface area contributed by atoms with Gasteiger partial charge in [0.25, 0.3) is 0 Å². The number of unbranched alkanes of at least 4 members (excludes halogenated alkanes) is 1. The van der Waals surface area contributed by atoms with Gasteiger partial charge in [0.05, 0.1) is 0 Å². The van der Waals surface area contributed by atoms with Crippen molar-refractivity contribution in [2.24, 2.45) is 0 Å². The molecule has 15 heavy (non-hydrogen) atoms. The number of likely N-dealkylation sites (tertiary alicyclic amines) is 1. The first kappa shape index (κ1) is 15.1. The van der Waals surface area contributed by atoms with E-state index >= 15 is 0 Å². The van der Waals surface area contributed by atoms with Crippen molar-refractivity contribution in [2.75, 3.05) is 19.8 Å². The molecule has 0 radical (unpaired) electrons. The van der Waals surface area contributed by atoms with Crippen molar-refractivity contribution in [3.63, 3.8) is 0 Å². The molecule has 1 heterocycles. The molecule has 0 saturated carbocycles. The molecule has 1 aliphatic heterocycles. The highest BCUT2D eigenvalue weighted by atomic mass is 31.1. The monoisotopic (exact) mass is 237 g/mol. The molecule has 0 aliphatic carbocycles. The van der Waals surface area contributed by atoms with E-state index in [0.29, 0.717) is 6.73 Å². The zero-order chi connectivity index (χ0) is 11.5. The lowest BCUT2D eigenvalue weighted by atomic mass is 10.1. The second-order valence-electron chi connectivity index (χ2n) is 3.72. The number of nitrogens with zero attached hydrogens (tertiary/aromatic N) is 1. The number of hydrogen-bond acceptors (Lipinski definition) is 3. The van der Waals surface area contributed by atoms with E-state index in [2.05, 4.69) is 23.3 Å². The van der Waals surface area contributed by atoms with Crippen molar-refractivity contribution in [3.8, 4) is 0 Å². The largest absolute Gasteiger partial charge is 0.326 e. The van der Waals surface area contributed by atoms with Gasteiger partial charge in [-0.2, -0.15) is 0 Å². The van der Waals surface area contributed by atoms with Crippen LogP contribution >= 0.6 is 8.25 Å². The molecule has 0 amide bonds. The van der Waals surface area contributed by atoms with Gasteiger partial charge in [-0.25, -0.2) is 0 Å². The van der Waals surface area contributed by atoms with Crippen molar-refractivity contribution in [1.29, 1.82) is 0 Å². The van der Waals surface area contributed by atoms with Gasteiger partial charge in [0.2, 0.25) is 0 Å².